The summed E-state index contributed by atoms with van der Waals surface area (Å²) in [6.07, 6.45) is 1.76. The number of para-hydroxylation sites is 2. The maximum atomic E-state index is 12.3. The minimum atomic E-state index is -0.427. The molecule has 0 aliphatic carbocycles. The lowest BCUT2D eigenvalue weighted by molar-refractivity contribution is -0.145. The average Bonchev–Trinajstić information content (AvgIpc) is 2.62. The van der Waals surface area contributed by atoms with Crippen molar-refractivity contribution in [2.24, 2.45) is 0 Å². The first-order valence-corrected chi connectivity index (χ1v) is 8.66. The van der Waals surface area contributed by atoms with E-state index in [1.807, 2.05) is 42.5 Å². The van der Waals surface area contributed by atoms with Gasteiger partial charge in [0.15, 0.2) is 6.61 Å². The molecule has 0 atom stereocenters. The maximum Gasteiger partial charge on any atom is 0.344 e. The van der Waals surface area contributed by atoms with Gasteiger partial charge in [0.2, 0.25) is 0 Å². The quantitative estimate of drug-likeness (QED) is 0.654. The van der Waals surface area contributed by atoms with E-state index in [9.17, 15) is 9.59 Å². The molecule has 1 aliphatic heterocycles. The van der Waals surface area contributed by atoms with E-state index >= 15 is 0 Å². The minimum Gasteiger partial charge on any atom is -0.481 e. The van der Waals surface area contributed by atoms with Gasteiger partial charge in [-0.05, 0) is 31.2 Å². The van der Waals surface area contributed by atoms with E-state index in [0.717, 1.165) is 16.1 Å². The van der Waals surface area contributed by atoms with E-state index in [-0.39, 0.29) is 12.5 Å². The molecule has 0 saturated carbocycles. The van der Waals surface area contributed by atoms with Crippen molar-refractivity contribution in [3.05, 3.63) is 59.0 Å². The highest BCUT2D eigenvalue weighted by Crippen LogP contribution is 2.39. The van der Waals surface area contributed by atoms with Gasteiger partial charge in [-0.15, -0.1) is 0 Å². The van der Waals surface area contributed by atoms with Gasteiger partial charge in [-0.25, -0.2) is 4.79 Å². The summed E-state index contributed by atoms with van der Waals surface area (Å²) < 4.78 is 10.4. The van der Waals surface area contributed by atoms with Crippen molar-refractivity contribution in [2.75, 3.05) is 18.5 Å². The third-order valence-electron chi connectivity index (χ3n) is 3.44. The second-order valence-electron chi connectivity index (χ2n) is 5.19. The normalized spacial score (nSPS) is 14.6. The highest BCUT2D eigenvalue weighted by Gasteiger charge is 2.21. The Bertz CT molecular complexity index is 832. The first-order valence-electron chi connectivity index (χ1n) is 7.84. The van der Waals surface area contributed by atoms with Gasteiger partial charge in [0.25, 0.3) is 5.91 Å². The van der Waals surface area contributed by atoms with Crippen LogP contribution in [0.25, 0.3) is 6.08 Å². The SMILES string of the molecule is CCOC(=O)COc1ccccc1/C=C1\Sc2ccccc2NC1=O. The largest absolute Gasteiger partial charge is 0.481 e. The summed E-state index contributed by atoms with van der Waals surface area (Å²) in [5.41, 5.74) is 1.53. The molecule has 128 valence electrons. The van der Waals surface area contributed by atoms with Crippen LogP contribution in [0.15, 0.2) is 58.3 Å². The van der Waals surface area contributed by atoms with Crippen LogP contribution in [0.3, 0.4) is 0 Å². The number of hydrogen-bond donors (Lipinski definition) is 1. The molecule has 25 heavy (non-hydrogen) atoms. The molecule has 0 spiro atoms. The number of anilines is 1. The van der Waals surface area contributed by atoms with Crippen molar-refractivity contribution >= 4 is 35.4 Å². The molecule has 1 amide bonds. The van der Waals surface area contributed by atoms with Crippen LogP contribution in [0.2, 0.25) is 0 Å². The molecule has 0 bridgehead atoms. The Morgan fingerprint density at radius 1 is 1.16 bits per heavy atom. The summed E-state index contributed by atoms with van der Waals surface area (Å²) in [6.45, 7) is 1.88. The monoisotopic (exact) mass is 355 g/mol. The molecule has 0 radical (unpaired) electrons. The molecule has 1 heterocycles. The third-order valence-corrected chi connectivity index (χ3v) is 4.53. The van der Waals surface area contributed by atoms with Crippen LogP contribution in [-0.2, 0) is 14.3 Å². The Labute approximate surface area is 150 Å². The number of thioether (sulfide) groups is 1. The Morgan fingerprint density at radius 3 is 2.76 bits per heavy atom. The molecular weight excluding hydrogens is 338 g/mol. The van der Waals surface area contributed by atoms with Crippen molar-refractivity contribution in [2.45, 2.75) is 11.8 Å². The topological polar surface area (TPSA) is 64.6 Å². The summed E-state index contributed by atoms with van der Waals surface area (Å²) in [6, 6.07) is 14.9. The standard InChI is InChI=1S/C19H17NO4S/c1-2-23-18(21)12-24-15-9-5-3-7-13(15)11-17-19(22)20-14-8-4-6-10-16(14)25-17/h3-11H,2,12H2,1H3,(H,20,22)/b17-11-. The number of carbonyl (C=O) groups is 2. The Morgan fingerprint density at radius 2 is 1.92 bits per heavy atom. The molecule has 1 N–H and O–H groups in total. The number of rotatable bonds is 5. The number of fused-ring (bicyclic) bond motifs is 1. The molecule has 2 aromatic carbocycles. The molecule has 0 unspecified atom stereocenters. The second kappa shape index (κ2) is 7.90. The lowest BCUT2D eigenvalue weighted by atomic mass is 10.2. The van der Waals surface area contributed by atoms with Gasteiger partial charge in [-0.2, -0.15) is 0 Å². The van der Waals surface area contributed by atoms with E-state index in [0.29, 0.717) is 17.3 Å². The molecule has 6 heteroatoms. The number of carbonyl (C=O) groups excluding carboxylic acids is 2. The number of benzene rings is 2. The molecule has 3 rings (SSSR count). The highest BCUT2D eigenvalue weighted by atomic mass is 32.2. The van der Waals surface area contributed by atoms with Crippen LogP contribution < -0.4 is 10.1 Å². The zero-order valence-electron chi connectivity index (χ0n) is 13.7. The predicted octanol–water partition coefficient (Wildman–Crippen LogP) is 3.71. The van der Waals surface area contributed by atoms with Crippen LogP contribution in [0.5, 0.6) is 5.75 Å². The van der Waals surface area contributed by atoms with Crippen LogP contribution in [0, 0.1) is 0 Å². The number of nitrogens with one attached hydrogen (secondary N) is 1. The van der Waals surface area contributed by atoms with Gasteiger partial charge >= 0.3 is 5.97 Å². The van der Waals surface area contributed by atoms with Gasteiger partial charge in [-0.3, -0.25) is 4.79 Å². The van der Waals surface area contributed by atoms with E-state index in [2.05, 4.69) is 5.32 Å². The predicted molar refractivity (Wildman–Crippen MR) is 97.5 cm³/mol. The smallest absolute Gasteiger partial charge is 0.344 e. The van der Waals surface area contributed by atoms with Crippen molar-refractivity contribution < 1.29 is 19.1 Å². The van der Waals surface area contributed by atoms with Gasteiger partial charge < -0.3 is 14.8 Å². The molecule has 0 saturated heterocycles. The Hall–Kier alpha value is -2.73. The summed E-state index contributed by atoms with van der Waals surface area (Å²) >= 11 is 1.40. The van der Waals surface area contributed by atoms with E-state index < -0.39 is 5.97 Å². The second-order valence-corrected chi connectivity index (χ2v) is 6.28. The van der Waals surface area contributed by atoms with Crippen LogP contribution in [0.1, 0.15) is 12.5 Å². The highest BCUT2D eigenvalue weighted by molar-refractivity contribution is 8.04. The van der Waals surface area contributed by atoms with Crippen molar-refractivity contribution in [3.63, 3.8) is 0 Å². The number of hydrogen-bond acceptors (Lipinski definition) is 5. The van der Waals surface area contributed by atoms with E-state index in [1.54, 1.807) is 19.1 Å². The fraction of sp³-hybridized carbons (Fsp3) is 0.158. The summed E-state index contributed by atoms with van der Waals surface area (Å²) in [5, 5.41) is 2.87. The molecule has 1 aliphatic rings. The zero-order chi connectivity index (χ0) is 17.6. The zero-order valence-corrected chi connectivity index (χ0v) is 14.5. The van der Waals surface area contributed by atoms with Crippen LogP contribution in [-0.4, -0.2) is 25.1 Å². The Kier molecular flexibility index (Phi) is 5.40. The number of amides is 1. The minimum absolute atomic E-state index is 0.163. The lowest BCUT2D eigenvalue weighted by Crippen LogP contribution is -2.17. The number of esters is 1. The number of ether oxygens (including phenoxy) is 2. The lowest BCUT2D eigenvalue weighted by Gasteiger charge is -2.18. The van der Waals surface area contributed by atoms with Crippen LogP contribution >= 0.6 is 11.8 Å². The molecular formula is C19H17NO4S. The summed E-state index contributed by atoms with van der Waals surface area (Å²) in [5.74, 6) is -0.0668. The molecule has 0 fully saturated rings. The van der Waals surface area contributed by atoms with Crippen molar-refractivity contribution in [1.29, 1.82) is 0 Å². The van der Waals surface area contributed by atoms with Gasteiger partial charge in [-0.1, -0.05) is 42.1 Å². The Balaban J connectivity index is 1.82. The van der Waals surface area contributed by atoms with Crippen molar-refractivity contribution in [3.8, 4) is 5.75 Å². The fourth-order valence-corrected chi connectivity index (χ4v) is 3.26. The molecule has 5 nitrogen and oxygen atoms in total. The summed E-state index contributed by atoms with van der Waals surface area (Å²) in [4.78, 5) is 25.3. The third kappa shape index (κ3) is 4.22. The van der Waals surface area contributed by atoms with E-state index in [1.165, 1.54) is 11.8 Å². The van der Waals surface area contributed by atoms with Crippen LogP contribution in [0.4, 0.5) is 5.69 Å². The van der Waals surface area contributed by atoms with Gasteiger partial charge in [0.1, 0.15) is 5.75 Å². The fourth-order valence-electron chi connectivity index (χ4n) is 2.31. The molecule has 2 aromatic rings. The first kappa shape index (κ1) is 17.1. The summed E-state index contributed by atoms with van der Waals surface area (Å²) in [7, 11) is 0. The van der Waals surface area contributed by atoms with Gasteiger partial charge in [0, 0.05) is 10.5 Å². The first-order chi connectivity index (χ1) is 12.2. The maximum absolute atomic E-state index is 12.3. The average molecular weight is 355 g/mol. The molecule has 0 aromatic heterocycles. The van der Waals surface area contributed by atoms with Gasteiger partial charge in [0.05, 0.1) is 17.2 Å². The van der Waals surface area contributed by atoms with E-state index in [4.69, 9.17) is 9.47 Å². The van der Waals surface area contributed by atoms with Crippen molar-refractivity contribution in [1.82, 2.24) is 0 Å².